The quantitative estimate of drug-likeness (QED) is 0.715. The van der Waals surface area contributed by atoms with Crippen LogP contribution in [-0.4, -0.2) is 12.6 Å². The van der Waals surface area contributed by atoms with E-state index in [0.29, 0.717) is 6.61 Å². The van der Waals surface area contributed by atoms with Gasteiger partial charge in [0.1, 0.15) is 5.82 Å². The predicted octanol–water partition coefficient (Wildman–Crippen LogP) is 3.81. The van der Waals surface area contributed by atoms with Crippen molar-refractivity contribution in [1.29, 1.82) is 0 Å². The topological polar surface area (TPSA) is 35.2 Å². The van der Waals surface area contributed by atoms with Gasteiger partial charge < -0.3 is 10.5 Å². The van der Waals surface area contributed by atoms with Crippen molar-refractivity contribution in [2.24, 2.45) is 5.73 Å². The number of hydrogen-bond acceptors (Lipinski definition) is 2. The Kier molecular flexibility index (Phi) is 6.91. The van der Waals surface area contributed by atoms with Gasteiger partial charge in [0.15, 0.2) is 0 Å². The Balaban J connectivity index is 2.66. The van der Waals surface area contributed by atoms with Gasteiger partial charge in [-0.05, 0) is 30.5 Å². The molecule has 1 rings (SSSR count). The van der Waals surface area contributed by atoms with Crippen LogP contribution in [0.2, 0.25) is 0 Å². The molecule has 0 aliphatic rings. The zero-order valence-electron chi connectivity index (χ0n) is 11.4. The molecule has 0 bridgehead atoms. The van der Waals surface area contributed by atoms with Crippen LogP contribution in [0.4, 0.5) is 4.39 Å². The molecule has 0 amide bonds. The van der Waals surface area contributed by atoms with E-state index in [4.69, 9.17) is 10.5 Å². The molecule has 18 heavy (non-hydrogen) atoms. The van der Waals surface area contributed by atoms with Crippen molar-refractivity contribution >= 4 is 0 Å². The Morgan fingerprint density at radius 2 is 2.06 bits per heavy atom. The molecular weight excluding hydrogens is 229 g/mol. The monoisotopic (exact) mass is 253 g/mol. The van der Waals surface area contributed by atoms with E-state index in [1.165, 1.54) is 12.1 Å². The van der Waals surface area contributed by atoms with Gasteiger partial charge >= 0.3 is 0 Å². The molecule has 1 aromatic carbocycles. The van der Waals surface area contributed by atoms with Gasteiger partial charge in [0.25, 0.3) is 0 Å². The highest BCUT2D eigenvalue weighted by atomic mass is 19.1. The van der Waals surface area contributed by atoms with Crippen molar-refractivity contribution in [3.05, 3.63) is 35.6 Å². The zero-order valence-corrected chi connectivity index (χ0v) is 11.4. The van der Waals surface area contributed by atoms with Gasteiger partial charge in [-0.15, -0.1) is 0 Å². The molecule has 0 aromatic heterocycles. The summed E-state index contributed by atoms with van der Waals surface area (Å²) in [4.78, 5) is 0. The van der Waals surface area contributed by atoms with Crippen LogP contribution in [0.5, 0.6) is 0 Å². The first-order valence-electron chi connectivity index (χ1n) is 6.81. The fourth-order valence-electron chi connectivity index (χ4n) is 1.93. The lowest BCUT2D eigenvalue weighted by molar-refractivity contribution is 0.0311. The third kappa shape index (κ3) is 4.75. The van der Waals surface area contributed by atoms with Gasteiger partial charge in [-0.3, -0.25) is 0 Å². The first kappa shape index (κ1) is 15.1. The second-order valence-electron chi connectivity index (χ2n) is 4.63. The Hall–Kier alpha value is -0.930. The normalized spacial score (nSPS) is 14.4. The number of benzene rings is 1. The highest BCUT2D eigenvalue weighted by Gasteiger charge is 2.19. The molecule has 2 unspecified atom stereocenters. The number of ether oxygens (including phenoxy) is 1. The number of rotatable bonds is 8. The first-order chi connectivity index (χ1) is 8.69. The van der Waals surface area contributed by atoms with Crippen LogP contribution in [0.25, 0.3) is 0 Å². The Morgan fingerprint density at radius 1 is 1.28 bits per heavy atom. The highest BCUT2D eigenvalue weighted by molar-refractivity contribution is 5.20. The number of nitrogens with two attached hydrogens (primary N) is 1. The molecule has 102 valence electrons. The third-order valence-electron chi connectivity index (χ3n) is 3.08. The van der Waals surface area contributed by atoms with Crippen molar-refractivity contribution in [1.82, 2.24) is 0 Å². The second kappa shape index (κ2) is 8.22. The number of hydrogen-bond donors (Lipinski definition) is 1. The van der Waals surface area contributed by atoms with Crippen molar-refractivity contribution in [2.75, 3.05) is 6.61 Å². The van der Waals surface area contributed by atoms with E-state index in [0.717, 1.165) is 31.2 Å². The molecule has 0 radical (unpaired) electrons. The van der Waals surface area contributed by atoms with E-state index >= 15 is 0 Å². The first-order valence-corrected chi connectivity index (χ1v) is 6.81. The summed E-state index contributed by atoms with van der Waals surface area (Å²) in [6.07, 6.45) is 3.95. The molecule has 0 spiro atoms. The largest absolute Gasteiger partial charge is 0.372 e. The summed E-state index contributed by atoms with van der Waals surface area (Å²) < 4.78 is 19.1. The average Bonchev–Trinajstić information content (AvgIpc) is 2.38. The minimum atomic E-state index is -0.238. The molecule has 2 N–H and O–H groups in total. The summed E-state index contributed by atoms with van der Waals surface area (Å²) in [7, 11) is 0. The lowest BCUT2D eigenvalue weighted by Crippen LogP contribution is -2.30. The fraction of sp³-hybridized carbons (Fsp3) is 0.600. The summed E-state index contributed by atoms with van der Waals surface area (Å²) >= 11 is 0. The second-order valence-corrected chi connectivity index (χ2v) is 4.63. The maximum Gasteiger partial charge on any atom is 0.123 e. The molecule has 0 saturated heterocycles. The molecule has 2 nitrogen and oxygen atoms in total. The third-order valence-corrected chi connectivity index (χ3v) is 3.08. The van der Waals surface area contributed by atoms with E-state index in [2.05, 4.69) is 6.92 Å². The molecule has 0 fully saturated rings. The van der Waals surface area contributed by atoms with E-state index < -0.39 is 0 Å². The average molecular weight is 253 g/mol. The van der Waals surface area contributed by atoms with Gasteiger partial charge in [0.2, 0.25) is 0 Å². The van der Waals surface area contributed by atoms with Crippen LogP contribution in [0.15, 0.2) is 24.3 Å². The van der Waals surface area contributed by atoms with Crippen LogP contribution >= 0.6 is 0 Å². The van der Waals surface area contributed by atoms with Crippen molar-refractivity contribution < 1.29 is 9.13 Å². The summed E-state index contributed by atoms with van der Waals surface area (Å²) in [5.41, 5.74) is 6.90. The van der Waals surface area contributed by atoms with Gasteiger partial charge in [-0.1, -0.05) is 38.8 Å². The van der Waals surface area contributed by atoms with Crippen molar-refractivity contribution in [2.45, 2.75) is 51.7 Å². The highest BCUT2D eigenvalue weighted by Crippen LogP contribution is 2.23. The fourth-order valence-corrected chi connectivity index (χ4v) is 1.93. The van der Waals surface area contributed by atoms with E-state index in [-0.39, 0.29) is 18.0 Å². The van der Waals surface area contributed by atoms with E-state index in [1.54, 1.807) is 6.07 Å². The minimum absolute atomic E-state index is 0.0894. The van der Waals surface area contributed by atoms with Crippen LogP contribution < -0.4 is 5.73 Å². The molecule has 0 heterocycles. The molecule has 0 aliphatic carbocycles. The Bertz CT molecular complexity index is 343. The lowest BCUT2D eigenvalue weighted by Gasteiger charge is -2.24. The van der Waals surface area contributed by atoms with Crippen molar-refractivity contribution in [3.63, 3.8) is 0 Å². The molecule has 0 saturated carbocycles. The molecule has 2 atom stereocenters. The SMILES string of the molecule is CCCCCOC(c1cccc(F)c1)C(N)CC. The maximum atomic E-state index is 13.2. The Labute approximate surface area is 109 Å². The predicted molar refractivity (Wildman–Crippen MR) is 72.9 cm³/mol. The van der Waals surface area contributed by atoms with Gasteiger partial charge in [-0.2, -0.15) is 0 Å². The van der Waals surface area contributed by atoms with Crippen LogP contribution in [-0.2, 0) is 4.74 Å². The van der Waals surface area contributed by atoms with Crippen LogP contribution in [0.3, 0.4) is 0 Å². The Morgan fingerprint density at radius 3 is 2.67 bits per heavy atom. The summed E-state index contributed by atoms with van der Waals surface area (Å²) in [6.45, 7) is 4.86. The lowest BCUT2D eigenvalue weighted by atomic mass is 10.0. The van der Waals surface area contributed by atoms with Gasteiger partial charge in [-0.25, -0.2) is 4.39 Å². The van der Waals surface area contributed by atoms with E-state index in [1.807, 2.05) is 13.0 Å². The van der Waals surface area contributed by atoms with Crippen LogP contribution in [0.1, 0.15) is 51.2 Å². The van der Waals surface area contributed by atoms with Gasteiger partial charge in [0.05, 0.1) is 6.10 Å². The molecular formula is C15H24FNO. The standard InChI is InChI=1S/C15H24FNO/c1-3-5-6-10-18-15(14(17)4-2)12-8-7-9-13(16)11-12/h7-9,11,14-15H,3-6,10,17H2,1-2H3. The summed E-state index contributed by atoms with van der Waals surface area (Å²) in [5, 5.41) is 0. The van der Waals surface area contributed by atoms with Crippen molar-refractivity contribution in [3.8, 4) is 0 Å². The molecule has 3 heteroatoms. The zero-order chi connectivity index (χ0) is 13.4. The minimum Gasteiger partial charge on any atom is -0.372 e. The smallest absolute Gasteiger partial charge is 0.123 e. The van der Waals surface area contributed by atoms with E-state index in [9.17, 15) is 4.39 Å². The summed E-state index contributed by atoms with van der Waals surface area (Å²) in [6, 6.07) is 6.45. The molecule has 1 aromatic rings. The van der Waals surface area contributed by atoms with Gasteiger partial charge in [0, 0.05) is 12.6 Å². The maximum absolute atomic E-state index is 13.2. The number of unbranched alkanes of at least 4 members (excludes halogenated alkanes) is 2. The van der Waals surface area contributed by atoms with Crippen LogP contribution in [0, 0.1) is 5.82 Å². The number of halogens is 1. The summed E-state index contributed by atoms with van der Waals surface area (Å²) in [5.74, 6) is -0.238. The molecule has 0 aliphatic heterocycles.